The molecule has 3 rings (SSSR count). The summed E-state index contributed by atoms with van der Waals surface area (Å²) in [6.45, 7) is 4.28. The second-order valence-corrected chi connectivity index (χ2v) is 6.85. The van der Waals surface area contributed by atoms with E-state index < -0.39 is 0 Å². The van der Waals surface area contributed by atoms with Crippen LogP contribution in [0.15, 0.2) is 24.3 Å². The second kappa shape index (κ2) is 6.82. The summed E-state index contributed by atoms with van der Waals surface area (Å²) in [6, 6.07) is 9.21. The molecule has 2 aliphatic rings. The summed E-state index contributed by atoms with van der Waals surface area (Å²) in [6.07, 6.45) is 6.99. The summed E-state index contributed by atoms with van der Waals surface area (Å²) in [4.78, 5) is 17.6. The van der Waals surface area contributed by atoms with Crippen LogP contribution in [-0.2, 0) is 6.42 Å². The topological polar surface area (TPSA) is 23.6 Å². The molecule has 3 nitrogen and oxygen atoms in total. The third kappa shape index (κ3) is 3.05. The predicted octanol–water partition coefficient (Wildman–Crippen LogP) is 3.34. The highest BCUT2D eigenvalue weighted by atomic mass is 16.2. The van der Waals surface area contributed by atoms with Crippen molar-refractivity contribution in [1.29, 1.82) is 0 Å². The van der Waals surface area contributed by atoms with Crippen molar-refractivity contribution < 1.29 is 4.79 Å². The highest BCUT2D eigenvalue weighted by Crippen LogP contribution is 2.30. The quantitative estimate of drug-likeness (QED) is 0.851. The number of amides is 1. The number of nitrogens with zero attached hydrogens (tertiary/aromatic N) is 2. The van der Waals surface area contributed by atoms with E-state index >= 15 is 0 Å². The maximum atomic E-state index is 13.0. The van der Waals surface area contributed by atoms with Crippen LogP contribution in [0.5, 0.6) is 0 Å². The molecule has 2 unspecified atom stereocenters. The van der Waals surface area contributed by atoms with Gasteiger partial charge < -0.3 is 9.80 Å². The average molecular weight is 300 g/mol. The molecule has 3 heteroatoms. The van der Waals surface area contributed by atoms with Gasteiger partial charge in [-0.05, 0) is 63.4 Å². The van der Waals surface area contributed by atoms with Crippen LogP contribution >= 0.6 is 0 Å². The van der Waals surface area contributed by atoms with E-state index in [1.807, 2.05) is 12.1 Å². The van der Waals surface area contributed by atoms with E-state index in [1.54, 1.807) is 0 Å². The smallest absolute Gasteiger partial charge is 0.254 e. The van der Waals surface area contributed by atoms with Gasteiger partial charge in [-0.3, -0.25) is 4.79 Å². The monoisotopic (exact) mass is 300 g/mol. The molecule has 2 aliphatic heterocycles. The predicted molar refractivity (Wildman–Crippen MR) is 90.1 cm³/mol. The Hall–Kier alpha value is -1.35. The van der Waals surface area contributed by atoms with Crippen molar-refractivity contribution in [2.45, 2.75) is 57.5 Å². The average Bonchev–Trinajstić information content (AvgIpc) is 3.15. The number of hydrogen-bond donors (Lipinski definition) is 0. The van der Waals surface area contributed by atoms with E-state index in [0.717, 1.165) is 37.8 Å². The van der Waals surface area contributed by atoms with Gasteiger partial charge in [-0.1, -0.05) is 25.5 Å². The molecule has 2 saturated heterocycles. The Kier molecular flexibility index (Phi) is 4.82. The van der Waals surface area contributed by atoms with Gasteiger partial charge in [0.2, 0.25) is 0 Å². The Bertz CT molecular complexity index is 528. The summed E-state index contributed by atoms with van der Waals surface area (Å²) in [7, 11) is 2.21. The Labute approximate surface area is 134 Å². The van der Waals surface area contributed by atoms with Gasteiger partial charge in [0, 0.05) is 24.2 Å². The Morgan fingerprint density at radius 1 is 1.18 bits per heavy atom. The summed E-state index contributed by atoms with van der Waals surface area (Å²) in [5.74, 6) is 0.237. The first-order valence-electron chi connectivity index (χ1n) is 8.81. The minimum Gasteiger partial charge on any atom is -0.334 e. The molecule has 2 atom stereocenters. The van der Waals surface area contributed by atoms with Crippen LogP contribution < -0.4 is 0 Å². The van der Waals surface area contributed by atoms with E-state index in [2.05, 4.69) is 35.9 Å². The lowest BCUT2D eigenvalue weighted by Crippen LogP contribution is -2.47. The van der Waals surface area contributed by atoms with Gasteiger partial charge in [-0.25, -0.2) is 0 Å². The number of likely N-dealkylation sites (tertiary alicyclic amines) is 2. The number of hydrogen-bond acceptors (Lipinski definition) is 2. The first kappa shape index (κ1) is 15.5. The Balaban J connectivity index is 1.77. The maximum absolute atomic E-state index is 13.0. The maximum Gasteiger partial charge on any atom is 0.254 e. The molecule has 0 bridgehead atoms. The summed E-state index contributed by atoms with van der Waals surface area (Å²) in [5.41, 5.74) is 2.15. The number of rotatable bonds is 4. The molecule has 2 heterocycles. The van der Waals surface area contributed by atoms with Crippen LogP contribution in [0.4, 0.5) is 0 Å². The fourth-order valence-electron chi connectivity index (χ4n) is 4.18. The van der Waals surface area contributed by atoms with Gasteiger partial charge >= 0.3 is 0 Å². The molecule has 0 aliphatic carbocycles. The van der Waals surface area contributed by atoms with Gasteiger partial charge in [-0.15, -0.1) is 0 Å². The van der Waals surface area contributed by atoms with Gasteiger partial charge in [0.25, 0.3) is 5.91 Å². The number of carbonyl (C=O) groups is 1. The number of aryl methyl sites for hydroxylation is 1. The van der Waals surface area contributed by atoms with E-state index in [9.17, 15) is 4.79 Å². The van der Waals surface area contributed by atoms with E-state index in [0.29, 0.717) is 12.1 Å². The zero-order chi connectivity index (χ0) is 15.5. The Morgan fingerprint density at radius 3 is 2.68 bits per heavy atom. The van der Waals surface area contributed by atoms with Gasteiger partial charge in [0.05, 0.1) is 0 Å². The van der Waals surface area contributed by atoms with Crippen molar-refractivity contribution >= 4 is 5.91 Å². The van der Waals surface area contributed by atoms with Crippen LogP contribution in [0.25, 0.3) is 0 Å². The number of likely N-dealkylation sites (N-methyl/N-ethyl adjacent to an activating group) is 1. The van der Waals surface area contributed by atoms with Crippen LogP contribution in [0, 0.1) is 0 Å². The van der Waals surface area contributed by atoms with Gasteiger partial charge in [0.1, 0.15) is 0 Å². The molecule has 0 saturated carbocycles. The zero-order valence-corrected chi connectivity index (χ0v) is 13.9. The van der Waals surface area contributed by atoms with E-state index in [4.69, 9.17) is 0 Å². The molecule has 0 aromatic heterocycles. The lowest BCUT2D eigenvalue weighted by molar-refractivity contribution is 0.0664. The lowest BCUT2D eigenvalue weighted by atomic mass is 10.0. The van der Waals surface area contributed by atoms with Gasteiger partial charge in [0.15, 0.2) is 0 Å². The van der Waals surface area contributed by atoms with Crippen molar-refractivity contribution in [1.82, 2.24) is 9.80 Å². The normalized spacial score (nSPS) is 25.8. The summed E-state index contributed by atoms with van der Waals surface area (Å²) < 4.78 is 0. The molecule has 1 aromatic carbocycles. The third-order valence-electron chi connectivity index (χ3n) is 5.29. The molecular formula is C19H28N2O. The van der Waals surface area contributed by atoms with E-state index in [1.165, 1.54) is 24.9 Å². The largest absolute Gasteiger partial charge is 0.334 e. The first-order chi connectivity index (χ1) is 10.7. The minimum atomic E-state index is 0.237. The molecule has 22 heavy (non-hydrogen) atoms. The molecular weight excluding hydrogens is 272 g/mol. The highest BCUT2D eigenvalue weighted by molar-refractivity contribution is 5.94. The van der Waals surface area contributed by atoms with Crippen LogP contribution in [-0.4, -0.2) is 47.9 Å². The first-order valence-corrected chi connectivity index (χ1v) is 8.81. The fraction of sp³-hybridized carbons (Fsp3) is 0.632. The molecule has 0 radical (unpaired) electrons. The number of carbonyl (C=O) groups excluding carboxylic acids is 1. The number of benzene rings is 1. The standard InChI is InChI=1S/C19H28N2O/c1-3-7-15-8-4-9-16(14-15)19(22)21-13-6-11-18(21)17-10-5-12-20(17)2/h4,8-9,14,17-18H,3,5-7,10-13H2,1-2H3. The molecule has 120 valence electrons. The zero-order valence-electron chi connectivity index (χ0n) is 13.9. The van der Waals surface area contributed by atoms with Crippen molar-refractivity contribution in [2.75, 3.05) is 20.1 Å². The van der Waals surface area contributed by atoms with Crippen LogP contribution in [0.3, 0.4) is 0 Å². The van der Waals surface area contributed by atoms with Crippen molar-refractivity contribution in [2.24, 2.45) is 0 Å². The summed E-state index contributed by atoms with van der Waals surface area (Å²) in [5, 5.41) is 0. The van der Waals surface area contributed by atoms with Gasteiger partial charge in [-0.2, -0.15) is 0 Å². The van der Waals surface area contributed by atoms with Crippen molar-refractivity contribution in [3.63, 3.8) is 0 Å². The molecule has 1 amide bonds. The van der Waals surface area contributed by atoms with Crippen molar-refractivity contribution in [3.8, 4) is 0 Å². The fourth-order valence-corrected chi connectivity index (χ4v) is 4.18. The minimum absolute atomic E-state index is 0.237. The molecule has 1 aromatic rings. The summed E-state index contributed by atoms with van der Waals surface area (Å²) >= 11 is 0. The molecule has 2 fully saturated rings. The lowest BCUT2D eigenvalue weighted by Gasteiger charge is -2.33. The van der Waals surface area contributed by atoms with E-state index in [-0.39, 0.29) is 5.91 Å². The third-order valence-corrected chi connectivity index (χ3v) is 5.29. The van der Waals surface area contributed by atoms with Crippen LogP contribution in [0.1, 0.15) is 54.9 Å². The molecule has 0 spiro atoms. The Morgan fingerprint density at radius 2 is 1.95 bits per heavy atom. The second-order valence-electron chi connectivity index (χ2n) is 6.85. The van der Waals surface area contributed by atoms with Crippen molar-refractivity contribution in [3.05, 3.63) is 35.4 Å². The van der Waals surface area contributed by atoms with Crippen LogP contribution in [0.2, 0.25) is 0 Å². The SMILES string of the molecule is CCCc1cccc(C(=O)N2CCCC2C2CCCN2C)c1. The highest BCUT2D eigenvalue weighted by Gasteiger charge is 2.38. The molecule has 0 N–H and O–H groups in total.